The van der Waals surface area contributed by atoms with E-state index < -0.39 is 53.1 Å². The molecule has 11 heteroatoms. The second-order valence-electron chi connectivity index (χ2n) is 6.04. The quantitative estimate of drug-likeness (QED) is 0.419. The first-order chi connectivity index (χ1) is 12.8. The highest BCUT2D eigenvalue weighted by Gasteiger charge is 2.75. The van der Waals surface area contributed by atoms with Crippen molar-refractivity contribution in [1.82, 2.24) is 0 Å². The van der Waals surface area contributed by atoms with Gasteiger partial charge in [-0.15, -0.1) is 0 Å². The fourth-order valence-corrected chi connectivity index (χ4v) is 2.51. The largest absolute Gasteiger partial charge is 0.506 e. The third kappa shape index (κ3) is 4.02. The van der Waals surface area contributed by atoms with Crippen LogP contribution >= 0.6 is 0 Å². The van der Waals surface area contributed by atoms with Gasteiger partial charge in [-0.2, -0.15) is 30.7 Å². The average molecular weight is 415 g/mol. The summed E-state index contributed by atoms with van der Waals surface area (Å²) < 4.78 is 104. The Hall–Kier alpha value is -2.46. The smallest absolute Gasteiger partial charge is 0.460 e. The van der Waals surface area contributed by atoms with E-state index in [9.17, 15) is 45.0 Å². The zero-order valence-corrected chi connectivity index (χ0v) is 14.0. The Labute approximate surface area is 153 Å². The van der Waals surface area contributed by atoms with Gasteiger partial charge in [0.05, 0.1) is 12.1 Å². The fraction of sp³-hybridized carbons (Fsp3) is 0.412. The van der Waals surface area contributed by atoms with Gasteiger partial charge in [0.25, 0.3) is 0 Å². The second-order valence-corrected chi connectivity index (χ2v) is 6.04. The van der Waals surface area contributed by atoms with E-state index in [-0.39, 0.29) is 19.4 Å². The number of hydrogen-bond acceptors (Lipinski definition) is 3. The molecule has 0 radical (unpaired) electrons. The summed E-state index contributed by atoms with van der Waals surface area (Å²) in [5.74, 6) is -17.1. The van der Waals surface area contributed by atoms with Gasteiger partial charge in [-0.1, -0.05) is 12.1 Å². The molecule has 1 aromatic rings. The topological polar surface area (TPSA) is 49.7 Å². The number of rotatable bonds is 4. The molecule has 0 saturated heterocycles. The molecular formula is C17H13F8NO2. The van der Waals surface area contributed by atoms with Crippen molar-refractivity contribution >= 4 is 11.5 Å². The number of halogens is 8. The number of aliphatic hydroxyl groups excluding tert-OH is 1. The van der Waals surface area contributed by atoms with Gasteiger partial charge in [0.1, 0.15) is 5.82 Å². The van der Waals surface area contributed by atoms with Crippen molar-refractivity contribution < 1.29 is 45.0 Å². The number of benzene rings is 1. The molecule has 3 nitrogen and oxygen atoms in total. The first-order valence-electron chi connectivity index (χ1n) is 7.86. The molecule has 1 N–H and O–H groups in total. The highest BCUT2D eigenvalue weighted by molar-refractivity contribution is 6.24. The number of hydrogen-bond donors (Lipinski definition) is 1. The molecule has 0 heterocycles. The van der Waals surface area contributed by atoms with Gasteiger partial charge in [-0.25, -0.2) is 4.39 Å². The summed E-state index contributed by atoms with van der Waals surface area (Å²) in [6, 6.07) is 4.68. The highest BCUT2D eigenvalue weighted by Crippen LogP contribution is 2.50. The number of nitrogens with zero attached hydrogens (tertiary/aromatic N) is 1. The molecule has 1 aliphatic carbocycles. The van der Waals surface area contributed by atoms with Crippen LogP contribution in [0.5, 0.6) is 0 Å². The minimum atomic E-state index is -6.66. The lowest BCUT2D eigenvalue weighted by Crippen LogP contribution is -2.53. The monoisotopic (exact) mass is 415 g/mol. The molecule has 0 aromatic heterocycles. The van der Waals surface area contributed by atoms with E-state index >= 15 is 0 Å². The molecule has 0 spiro atoms. The molecule has 1 saturated carbocycles. The lowest BCUT2D eigenvalue weighted by molar-refractivity contribution is -0.349. The molecule has 2 rings (SSSR count). The number of carbonyl (C=O) groups excluding carboxylic acids is 1. The minimum Gasteiger partial charge on any atom is -0.506 e. The van der Waals surface area contributed by atoms with Gasteiger partial charge in [0.15, 0.2) is 11.5 Å². The van der Waals surface area contributed by atoms with Crippen LogP contribution in [0.1, 0.15) is 24.8 Å². The Bertz CT molecular complexity index is 809. The van der Waals surface area contributed by atoms with Gasteiger partial charge < -0.3 is 5.11 Å². The first kappa shape index (κ1) is 21.8. The Morgan fingerprint density at radius 2 is 1.57 bits per heavy atom. The first-order valence-corrected chi connectivity index (χ1v) is 7.86. The molecule has 154 valence electrons. The fourth-order valence-electron chi connectivity index (χ4n) is 2.51. The summed E-state index contributed by atoms with van der Waals surface area (Å²) in [6.07, 6.45) is -7.20. The Morgan fingerprint density at radius 3 is 2.11 bits per heavy atom. The predicted octanol–water partition coefficient (Wildman–Crippen LogP) is 5.16. The summed E-state index contributed by atoms with van der Waals surface area (Å²) >= 11 is 0. The number of aliphatic imine (C=N–C) groups is 1. The molecule has 1 fully saturated rings. The number of aliphatic hydroxyl groups is 1. The van der Waals surface area contributed by atoms with Crippen molar-refractivity contribution in [3.63, 3.8) is 0 Å². The predicted molar refractivity (Wildman–Crippen MR) is 82.0 cm³/mol. The van der Waals surface area contributed by atoms with Crippen LogP contribution in [0.4, 0.5) is 35.1 Å². The van der Waals surface area contributed by atoms with Gasteiger partial charge in [-0.05, 0) is 30.5 Å². The lowest BCUT2D eigenvalue weighted by Gasteiger charge is -2.29. The van der Waals surface area contributed by atoms with Gasteiger partial charge in [-0.3, -0.25) is 9.79 Å². The van der Waals surface area contributed by atoms with Crippen LogP contribution in [0.3, 0.4) is 0 Å². The lowest BCUT2D eigenvalue weighted by atomic mass is 9.88. The van der Waals surface area contributed by atoms with Crippen molar-refractivity contribution in [2.75, 3.05) is 0 Å². The van der Waals surface area contributed by atoms with Crippen LogP contribution in [0, 0.1) is 5.82 Å². The summed E-state index contributed by atoms with van der Waals surface area (Å²) in [4.78, 5) is 15.7. The molecule has 0 unspecified atom stereocenters. The third-order valence-electron chi connectivity index (χ3n) is 4.04. The summed E-state index contributed by atoms with van der Waals surface area (Å²) in [5, 5.41) is 9.57. The molecule has 0 amide bonds. The number of ketones is 1. The zero-order chi connectivity index (χ0) is 21.3. The minimum absolute atomic E-state index is 0.0824. The van der Waals surface area contributed by atoms with Crippen LogP contribution in [0.2, 0.25) is 0 Å². The molecule has 1 aliphatic rings. The summed E-state index contributed by atoms with van der Waals surface area (Å²) in [6.45, 7) is -0.291. The van der Waals surface area contributed by atoms with Crippen molar-refractivity contribution in [2.45, 2.75) is 43.8 Å². The van der Waals surface area contributed by atoms with Gasteiger partial charge >= 0.3 is 18.0 Å². The summed E-state index contributed by atoms with van der Waals surface area (Å²) in [7, 11) is 0. The molecule has 28 heavy (non-hydrogen) atoms. The van der Waals surface area contributed by atoms with Crippen molar-refractivity contribution in [1.29, 1.82) is 0 Å². The van der Waals surface area contributed by atoms with Crippen LogP contribution in [-0.4, -0.2) is 34.6 Å². The standard InChI is InChI=1S/C17H13F8NO2/c18-10-6-4-9(5-7-10)8-26-11-2-1-3-12(27)13(11)14(28)15(19,20)16(21,22)17(23,24)25/h4-7,28H,1-3,8H2/b14-13+,26-11?. The maximum Gasteiger partial charge on any atom is 0.460 e. The van der Waals surface area contributed by atoms with E-state index in [1.54, 1.807) is 0 Å². The molecule has 1 aromatic carbocycles. The van der Waals surface area contributed by atoms with Crippen LogP contribution < -0.4 is 0 Å². The van der Waals surface area contributed by atoms with E-state index in [0.29, 0.717) is 5.56 Å². The van der Waals surface area contributed by atoms with Crippen molar-refractivity contribution in [3.05, 3.63) is 47.0 Å². The van der Waals surface area contributed by atoms with E-state index in [2.05, 4.69) is 4.99 Å². The van der Waals surface area contributed by atoms with Crippen LogP contribution in [0.15, 0.2) is 40.6 Å². The van der Waals surface area contributed by atoms with E-state index in [1.807, 2.05) is 0 Å². The van der Waals surface area contributed by atoms with Crippen LogP contribution in [-0.2, 0) is 11.3 Å². The zero-order valence-electron chi connectivity index (χ0n) is 14.0. The highest BCUT2D eigenvalue weighted by atomic mass is 19.4. The normalized spacial score (nSPS) is 19.9. The number of carbonyl (C=O) groups is 1. The van der Waals surface area contributed by atoms with Crippen molar-refractivity contribution in [3.8, 4) is 0 Å². The number of alkyl halides is 7. The number of Topliss-reactive ketones (excluding diaryl/α,β-unsaturated/α-hetero) is 1. The van der Waals surface area contributed by atoms with E-state index in [1.165, 1.54) is 12.1 Å². The van der Waals surface area contributed by atoms with Crippen LogP contribution in [0.25, 0.3) is 0 Å². The second kappa shape index (κ2) is 7.51. The maximum atomic E-state index is 13.8. The Balaban J connectivity index is 2.48. The Morgan fingerprint density at radius 1 is 1.00 bits per heavy atom. The Kier molecular flexibility index (Phi) is 5.86. The summed E-state index contributed by atoms with van der Waals surface area (Å²) in [5.41, 5.74) is -1.50. The van der Waals surface area contributed by atoms with Gasteiger partial charge in [0.2, 0.25) is 0 Å². The molecule has 0 bridgehead atoms. The van der Waals surface area contributed by atoms with E-state index in [0.717, 1.165) is 12.1 Å². The third-order valence-corrected chi connectivity index (χ3v) is 4.04. The molecular weight excluding hydrogens is 402 g/mol. The molecule has 0 aliphatic heterocycles. The molecule has 0 atom stereocenters. The van der Waals surface area contributed by atoms with Crippen molar-refractivity contribution in [2.24, 2.45) is 4.99 Å². The van der Waals surface area contributed by atoms with Gasteiger partial charge in [0, 0.05) is 12.1 Å². The maximum absolute atomic E-state index is 13.8. The number of allylic oxidation sites excluding steroid dienone is 2. The van der Waals surface area contributed by atoms with E-state index in [4.69, 9.17) is 0 Å². The average Bonchev–Trinajstić information content (AvgIpc) is 2.59. The SMILES string of the molecule is O=C1CCCC(=NCc2ccc(F)cc2)/C1=C(\O)C(F)(F)C(F)(F)C(F)(F)F.